The van der Waals surface area contributed by atoms with E-state index >= 15 is 0 Å². The van der Waals surface area contributed by atoms with Crippen molar-refractivity contribution in [3.63, 3.8) is 0 Å². The Morgan fingerprint density at radius 1 is 1.17 bits per heavy atom. The molecule has 3 aromatic rings. The van der Waals surface area contributed by atoms with Crippen LogP contribution in [0.25, 0.3) is 10.9 Å². The zero-order chi connectivity index (χ0) is 21.1. The number of Topliss-reactive ketones (excluding diaryl/α,β-unsaturated/α-hetero) is 1. The van der Waals surface area contributed by atoms with Gasteiger partial charge in [-0.15, -0.1) is 6.58 Å². The Bertz CT molecular complexity index is 1100. The Morgan fingerprint density at radius 3 is 2.70 bits per heavy atom. The molecular weight excluding hydrogens is 378 g/mol. The number of aromatic nitrogens is 1. The number of rotatable bonds is 7. The normalized spacial score (nSPS) is 15.8. The van der Waals surface area contributed by atoms with Gasteiger partial charge in [-0.25, -0.2) is 4.79 Å². The largest absolute Gasteiger partial charge is 0.465 e. The summed E-state index contributed by atoms with van der Waals surface area (Å²) >= 11 is 0. The summed E-state index contributed by atoms with van der Waals surface area (Å²) < 4.78 is 12.8. The maximum atomic E-state index is 13.2. The van der Waals surface area contributed by atoms with E-state index in [1.807, 2.05) is 30.3 Å². The smallest absolute Gasteiger partial charge is 0.338 e. The van der Waals surface area contributed by atoms with E-state index < -0.39 is 5.97 Å². The van der Waals surface area contributed by atoms with Crippen LogP contribution in [0.3, 0.4) is 0 Å². The van der Waals surface area contributed by atoms with Gasteiger partial charge < -0.3 is 14.0 Å². The summed E-state index contributed by atoms with van der Waals surface area (Å²) in [6, 6.07) is 15.7. The molecule has 0 fully saturated rings. The zero-order valence-electron chi connectivity index (χ0n) is 17.1. The van der Waals surface area contributed by atoms with Crippen molar-refractivity contribution < 1.29 is 19.1 Å². The van der Waals surface area contributed by atoms with Gasteiger partial charge in [-0.05, 0) is 30.0 Å². The van der Waals surface area contributed by atoms with Crippen molar-refractivity contribution >= 4 is 22.7 Å². The van der Waals surface area contributed by atoms with Gasteiger partial charge in [0.2, 0.25) is 0 Å². The molecule has 2 aromatic carbocycles. The van der Waals surface area contributed by atoms with Gasteiger partial charge in [0.05, 0.1) is 31.4 Å². The molecule has 1 aromatic heterocycles. The molecule has 4 rings (SSSR count). The number of fused-ring (bicyclic) bond motifs is 3. The second-order valence-corrected chi connectivity index (χ2v) is 7.61. The molecule has 154 valence electrons. The van der Waals surface area contributed by atoms with Crippen LogP contribution in [0.5, 0.6) is 0 Å². The van der Waals surface area contributed by atoms with Crippen LogP contribution in [-0.2, 0) is 22.4 Å². The summed E-state index contributed by atoms with van der Waals surface area (Å²) in [5, 5.41) is 0.700. The van der Waals surface area contributed by atoms with Gasteiger partial charge in [-0.3, -0.25) is 4.79 Å². The van der Waals surface area contributed by atoms with Crippen LogP contribution in [0, 0.1) is 5.92 Å². The van der Waals surface area contributed by atoms with Gasteiger partial charge in [-0.2, -0.15) is 0 Å². The number of ketones is 1. The molecule has 0 bridgehead atoms. The van der Waals surface area contributed by atoms with E-state index in [0.717, 1.165) is 23.2 Å². The Labute approximate surface area is 175 Å². The zero-order valence-corrected chi connectivity index (χ0v) is 17.1. The topological polar surface area (TPSA) is 57.5 Å². The molecule has 0 saturated carbocycles. The molecular formula is C25H25NO4. The third-order valence-electron chi connectivity index (χ3n) is 5.61. The lowest BCUT2D eigenvalue weighted by molar-refractivity contribution is 0.0603. The maximum Gasteiger partial charge on any atom is 0.338 e. The summed E-state index contributed by atoms with van der Waals surface area (Å²) in [6.07, 6.45) is 2.84. The first-order valence-corrected chi connectivity index (χ1v) is 10.1. The van der Waals surface area contributed by atoms with E-state index in [2.05, 4.69) is 23.3 Å². The van der Waals surface area contributed by atoms with Crippen molar-refractivity contribution in [1.29, 1.82) is 0 Å². The predicted octanol–water partition coefficient (Wildman–Crippen LogP) is 4.42. The van der Waals surface area contributed by atoms with Crippen LogP contribution in [-0.4, -0.2) is 36.6 Å². The second-order valence-electron chi connectivity index (χ2n) is 7.61. The highest BCUT2D eigenvalue weighted by Crippen LogP contribution is 2.37. The van der Waals surface area contributed by atoms with Crippen molar-refractivity contribution in [2.45, 2.75) is 19.4 Å². The van der Waals surface area contributed by atoms with Crippen molar-refractivity contribution in [1.82, 2.24) is 4.57 Å². The monoisotopic (exact) mass is 403 g/mol. The molecule has 0 radical (unpaired) electrons. The van der Waals surface area contributed by atoms with Gasteiger partial charge in [0.25, 0.3) is 0 Å². The molecule has 1 aliphatic carbocycles. The lowest BCUT2D eigenvalue weighted by Gasteiger charge is -2.23. The lowest BCUT2D eigenvalue weighted by atomic mass is 9.85. The summed E-state index contributed by atoms with van der Waals surface area (Å²) in [5.41, 5.74) is 4.08. The van der Waals surface area contributed by atoms with Crippen LogP contribution in [0.2, 0.25) is 0 Å². The quantitative estimate of drug-likeness (QED) is 0.333. The second kappa shape index (κ2) is 8.67. The molecule has 0 amide bonds. The van der Waals surface area contributed by atoms with E-state index in [4.69, 9.17) is 9.47 Å². The highest BCUT2D eigenvalue weighted by atomic mass is 16.5. The number of nitrogens with zero attached hydrogens (tertiary/aromatic N) is 1. The number of methoxy groups -OCH3 is 1. The van der Waals surface area contributed by atoms with Crippen LogP contribution in [0.1, 0.15) is 38.4 Å². The Hall–Kier alpha value is -3.18. The molecule has 1 atom stereocenters. The third kappa shape index (κ3) is 3.68. The minimum absolute atomic E-state index is 0.0524. The minimum atomic E-state index is -0.426. The fraction of sp³-hybridized carbons (Fsp3) is 0.280. The molecule has 0 saturated heterocycles. The number of carbonyl (C=O) groups is 2. The highest BCUT2D eigenvalue weighted by Gasteiger charge is 2.33. The Kier molecular flexibility index (Phi) is 5.81. The van der Waals surface area contributed by atoms with E-state index in [0.29, 0.717) is 42.7 Å². The van der Waals surface area contributed by atoms with Crippen molar-refractivity contribution in [3.8, 4) is 0 Å². The minimum Gasteiger partial charge on any atom is -0.465 e. The Balaban J connectivity index is 1.86. The average Bonchev–Trinajstić information content (AvgIpc) is 3.08. The van der Waals surface area contributed by atoms with E-state index in [1.165, 1.54) is 7.11 Å². The number of hydrogen-bond acceptors (Lipinski definition) is 4. The molecule has 0 aliphatic heterocycles. The SMILES string of the molecule is C=CCOCC1CC(=O)c2c(n(Cc3ccccc3)c3cccc(C(=O)OC)c23)C1. The average molecular weight is 403 g/mol. The van der Waals surface area contributed by atoms with Crippen molar-refractivity contribution in [3.05, 3.63) is 83.6 Å². The molecule has 0 N–H and O–H groups in total. The number of ether oxygens (including phenoxy) is 2. The van der Waals surface area contributed by atoms with Crippen LogP contribution >= 0.6 is 0 Å². The highest BCUT2D eigenvalue weighted by molar-refractivity contribution is 6.16. The molecule has 5 nitrogen and oxygen atoms in total. The van der Waals surface area contributed by atoms with Gasteiger partial charge >= 0.3 is 5.97 Å². The molecule has 1 heterocycles. The first kappa shape index (κ1) is 20.1. The number of esters is 1. The van der Waals surface area contributed by atoms with E-state index in [-0.39, 0.29) is 11.7 Å². The molecule has 5 heteroatoms. The van der Waals surface area contributed by atoms with Crippen molar-refractivity contribution in [2.24, 2.45) is 5.92 Å². The first-order chi connectivity index (χ1) is 14.6. The Morgan fingerprint density at radius 2 is 1.97 bits per heavy atom. The number of benzene rings is 2. The summed E-state index contributed by atoms with van der Waals surface area (Å²) in [5.74, 6) is -0.272. The fourth-order valence-electron chi connectivity index (χ4n) is 4.34. The standard InChI is InChI=1S/C25H25NO4/c1-3-12-30-16-18-13-21-24(22(27)14-18)23-19(25(28)29-2)10-7-11-20(23)26(21)15-17-8-5-4-6-9-17/h3-11,18H,1,12-16H2,2H3. The summed E-state index contributed by atoms with van der Waals surface area (Å²) in [6.45, 7) is 5.29. The molecule has 0 spiro atoms. The fourth-order valence-corrected chi connectivity index (χ4v) is 4.34. The number of carbonyl (C=O) groups excluding carboxylic acids is 2. The third-order valence-corrected chi connectivity index (χ3v) is 5.61. The molecule has 1 unspecified atom stereocenters. The number of hydrogen-bond donors (Lipinski definition) is 0. The maximum absolute atomic E-state index is 13.2. The van der Waals surface area contributed by atoms with Gasteiger partial charge in [0.15, 0.2) is 5.78 Å². The van der Waals surface area contributed by atoms with E-state index in [9.17, 15) is 9.59 Å². The van der Waals surface area contributed by atoms with Gasteiger partial charge in [0, 0.05) is 29.6 Å². The van der Waals surface area contributed by atoms with Gasteiger partial charge in [0.1, 0.15) is 0 Å². The lowest BCUT2D eigenvalue weighted by Crippen LogP contribution is -2.25. The van der Waals surface area contributed by atoms with E-state index in [1.54, 1.807) is 12.1 Å². The molecule has 1 aliphatic rings. The van der Waals surface area contributed by atoms with Crippen LogP contribution < -0.4 is 0 Å². The van der Waals surface area contributed by atoms with Crippen LogP contribution in [0.15, 0.2) is 61.2 Å². The van der Waals surface area contributed by atoms with Crippen molar-refractivity contribution in [2.75, 3.05) is 20.3 Å². The summed E-state index contributed by atoms with van der Waals surface area (Å²) in [4.78, 5) is 25.7. The summed E-state index contributed by atoms with van der Waals surface area (Å²) in [7, 11) is 1.36. The van der Waals surface area contributed by atoms with Gasteiger partial charge in [-0.1, -0.05) is 42.5 Å². The first-order valence-electron chi connectivity index (χ1n) is 10.1. The predicted molar refractivity (Wildman–Crippen MR) is 116 cm³/mol. The molecule has 30 heavy (non-hydrogen) atoms. The van der Waals surface area contributed by atoms with Crippen LogP contribution in [0.4, 0.5) is 0 Å².